The van der Waals surface area contributed by atoms with Gasteiger partial charge >= 0.3 is 0 Å². The molecule has 1 unspecified atom stereocenters. The highest BCUT2D eigenvalue weighted by molar-refractivity contribution is 9.11. The van der Waals surface area contributed by atoms with Crippen molar-refractivity contribution in [3.8, 4) is 0 Å². The van der Waals surface area contributed by atoms with Crippen LogP contribution in [-0.4, -0.2) is 25.7 Å². The van der Waals surface area contributed by atoms with E-state index in [1.165, 1.54) is 40.9 Å². The average Bonchev–Trinajstić information content (AvgIpc) is 2.76. The van der Waals surface area contributed by atoms with Crippen LogP contribution in [0.3, 0.4) is 0 Å². The minimum absolute atomic E-state index is 0.757. The number of piperidine rings is 1. The van der Waals surface area contributed by atoms with Gasteiger partial charge in [0.15, 0.2) is 0 Å². The number of thiophene rings is 1. The number of nitrogens with one attached hydrogen (secondary N) is 2. The minimum atomic E-state index is 0.757. The highest BCUT2D eigenvalue weighted by Crippen LogP contribution is 2.22. The van der Waals surface area contributed by atoms with Crippen LogP contribution in [0.4, 0.5) is 0 Å². The molecule has 2 nitrogen and oxygen atoms in total. The van der Waals surface area contributed by atoms with E-state index in [9.17, 15) is 0 Å². The summed E-state index contributed by atoms with van der Waals surface area (Å²) in [7, 11) is 0. The normalized spacial score (nSPS) is 20.6. The Labute approximate surface area is 116 Å². The van der Waals surface area contributed by atoms with E-state index >= 15 is 0 Å². The average molecular weight is 317 g/mol. The minimum Gasteiger partial charge on any atom is -0.316 e. The predicted octanol–water partition coefficient (Wildman–Crippen LogP) is 3.17. The third-order valence-corrected chi connectivity index (χ3v) is 4.94. The fourth-order valence-corrected chi connectivity index (χ4v) is 3.75. The summed E-state index contributed by atoms with van der Waals surface area (Å²) in [6, 6.07) is 5.09. The standard InChI is InChI=1S/C13H21BrN2S/c14-13-5-4-12(17-13)7-10-15-9-6-11-3-1-2-8-16-11/h4-5,11,15-16H,1-3,6-10H2. The molecule has 0 bridgehead atoms. The van der Waals surface area contributed by atoms with Gasteiger partial charge in [-0.3, -0.25) is 0 Å². The van der Waals surface area contributed by atoms with Crippen molar-refractivity contribution in [3.05, 3.63) is 20.8 Å². The number of hydrogen-bond donors (Lipinski definition) is 2. The van der Waals surface area contributed by atoms with Crippen molar-refractivity contribution in [3.63, 3.8) is 0 Å². The maximum atomic E-state index is 3.59. The zero-order valence-corrected chi connectivity index (χ0v) is 12.6. The maximum Gasteiger partial charge on any atom is 0.0701 e. The summed E-state index contributed by atoms with van der Waals surface area (Å²) < 4.78 is 1.24. The predicted molar refractivity (Wildman–Crippen MR) is 78.9 cm³/mol. The summed E-state index contributed by atoms with van der Waals surface area (Å²) >= 11 is 5.33. The Morgan fingerprint density at radius 1 is 1.35 bits per heavy atom. The first-order valence-corrected chi connectivity index (χ1v) is 8.14. The van der Waals surface area contributed by atoms with Gasteiger partial charge in [0, 0.05) is 10.9 Å². The Kier molecular flexibility index (Phi) is 5.98. The zero-order chi connectivity index (χ0) is 11.9. The van der Waals surface area contributed by atoms with Gasteiger partial charge in [-0.2, -0.15) is 0 Å². The molecule has 1 aliphatic rings. The Hall–Kier alpha value is 0.1000. The van der Waals surface area contributed by atoms with Crippen LogP contribution in [0.25, 0.3) is 0 Å². The molecule has 2 rings (SSSR count). The molecule has 1 atom stereocenters. The van der Waals surface area contributed by atoms with Gasteiger partial charge < -0.3 is 10.6 Å². The molecule has 1 saturated heterocycles. The molecule has 4 heteroatoms. The second-order valence-corrected chi connectivity index (χ2v) is 7.19. The van der Waals surface area contributed by atoms with Crippen LogP contribution < -0.4 is 10.6 Å². The molecule has 0 aromatic carbocycles. The Bertz CT molecular complexity index is 321. The van der Waals surface area contributed by atoms with Gasteiger partial charge in [0.25, 0.3) is 0 Å². The van der Waals surface area contributed by atoms with Crippen molar-refractivity contribution in [1.82, 2.24) is 10.6 Å². The number of hydrogen-bond acceptors (Lipinski definition) is 3. The molecule has 1 aliphatic heterocycles. The summed E-state index contributed by atoms with van der Waals surface area (Å²) in [6.45, 7) is 3.46. The lowest BCUT2D eigenvalue weighted by atomic mass is 10.0. The molecule has 0 saturated carbocycles. The zero-order valence-electron chi connectivity index (χ0n) is 10.2. The first-order chi connectivity index (χ1) is 8.34. The first kappa shape index (κ1) is 13.5. The lowest BCUT2D eigenvalue weighted by Gasteiger charge is -2.23. The molecule has 1 fully saturated rings. The summed E-state index contributed by atoms with van der Waals surface area (Å²) in [5.74, 6) is 0. The first-order valence-electron chi connectivity index (χ1n) is 6.53. The summed E-state index contributed by atoms with van der Waals surface area (Å²) in [4.78, 5) is 1.46. The van der Waals surface area contributed by atoms with Crippen LogP contribution in [0.1, 0.15) is 30.6 Å². The molecule has 0 radical (unpaired) electrons. The van der Waals surface area contributed by atoms with Gasteiger partial charge in [0.1, 0.15) is 0 Å². The largest absolute Gasteiger partial charge is 0.316 e. The topological polar surface area (TPSA) is 24.1 Å². The van der Waals surface area contributed by atoms with Crippen LogP contribution in [0.5, 0.6) is 0 Å². The molecule has 0 spiro atoms. The molecule has 2 heterocycles. The molecule has 1 aromatic rings. The fraction of sp³-hybridized carbons (Fsp3) is 0.692. The van der Waals surface area contributed by atoms with Gasteiger partial charge in [-0.05, 0) is 73.4 Å². The molecule has 17 heavy (non-hydrogen) atoms. The summed E-state index contributed by atoms with van der Waals surface area (Å²) in [5, 5.41) is 7.13. The molecule has 96 valence electrons. The molecular formula is C13H21BrN2S. The highest BCUT2D eigenvalue weighted by Gasteiger charge is 2.11. The summed E-state index contributed by atoms with van der Waals surface area (Å²) in [5.41, 5.74) is 0. The van der Waals surface area contributed by atoms with Crippen LogP contribution in [-0.2, 0) is 6.42 Å². The van der Waals surface area contributed by atoms with Gasteiger partial charge in [-0.25, -0.2) is 0 Å². The molecule has 2 N–H and O–H groups in total. The quantitative estimate of drug-likeness (QED) is 0.788. The van der Waals surface area contributed by atoms with Gasteiger partial charge in [0.05, 0.1) is 3.79 Å². The van der Waals surface area contributed by atoms with Crippen molar-refractivity contribution in [2.75, 3.05) is 19.6 Å². The Morgan fingerprint density at radius 2 is 2.29 bits per heavy atom. The lowest BCUT2D eigenvalue weighted by Crippen LogP contribution is -2.36. The van der Waals surface area contributed by atoms with Crippen LogP contribution in [0.2, 0.25) is 0 Å². The van der Waals surface area contributed by atoms with E-state index in [0.717, 1.165) is 25.6 Å². The van der Waals surface area contributed by atoms with Crippen LogP contribution in [0, 0.1) is 0 Å². The van der Waals surface area contributed by atoms with Crippen molar-refractivity contribution in [1.29, 1.82) is 0 Å². The summed E-state index contributed by atoms with van der Waals surface area (Å²) in [6.07, 6.45) is 6.54. The van der Waals surface area contributed by atoms with E-state index in [0.29, 0.717) is 0 Å². The fourth-order valence-electron chi connectivity index (χ4n) is 2.27. The Morgan fingerprint density at radius 3 is 3.00 bits per heavy atom. The number of rotatable bonds is 6. The third kappa shape index (κ3) is 5.08. The van der Waals surface area contributed by atoms with Gasteiger partial charge in [0.2, 0.25) is 0 Å². The van der Waals surface area contributed by atoms with Crippen LogP contribution >= 0.6 is 27.3 Å². The maximum absolute atomic E-state index is 3.59. The van der Waals surface area contributed by atoms with Gasteiger partial charge in [-0.15, -0.1) is 11.3 Å². The second-order valence-electron chi connectivity index (χ2n) is 4.64. The molecule has 0 amide bonds. The van der Waals surface area contributed by atoms with Gasteiger partial charge in [-0.1, -0.05) is 6.42 Å². The van der Waals surface area contributed by atoms with E-state index in [1.807, 2.05) is 11.3 Å². The lowest BCUT2D eigenvalue weighted by molar-refractivity contribution is 0.377. The third-order valence-electron chi connectivity index (χ3n) is 3.26. The van der Waals surface area contributed by atoms with Crippen molar-refractivity contribution < 1.29 is 0 Å². The molecule has 0 aliphatic carbocycles. The molecular weight excluding hydrogens is 296 g/mol. The SMILES string of the molecule is Brc1ccc(CCNCCC2CCCCN2)s1. The Balaban J connectivity index is 1.51. The monoisotopic (exact) mass is 316 g/mol. The second kappa shape index (κ2) is 7.52. The van der Waals surface area contributed by atoms with E-state index in [1.54, 1.807) is 0 Å². The van der Waals surface area contributed by atoms with Crippen molar-refractivity contribution in [2.45, 2.75) is 38.1 Å². The molecule has 1 aromatic heterocycles. The van der Waals surface area contributed by atoms with Crippen molar-refractivity contribution in [2.24, 2.45) is 0 Å². The number of halogens is 1. The smallest absolute Gasteiger partial charge is 0.0701 e. The van der Waals surface area contributed by atoms with Crippen molar-refractivity contribution >= 4 is 27.3 Å². The van der Waals surface area contributed by atoms with E-state index in [-0.39, 0.29) is 0 Å². The van der Waals surface area contributed by atoms with E-state index < -0.39 is 0 Å². The van der Waals surface area contributed by atoms with E-state index in [4.69, 9.17) is 0 Å². The van der Waals surface area contributed by atoms with Crippen LogP contribution in [0.15, 0.2) is 15.9 Å². The highest BCUT2D eigenvalue weighted by atomic mass is 79.9. The van der Waals surface area contributed by atoms with E-state index in [2.05, 4.69) is 38.7 Å².